The van der Waals surface area contributed by atoms with Crippen LogP contribution in [0.25, 0.3) is 20.2 Å². The van der Waals surface area contributed by atoms with Crippen LogP contribution < -0.4 is 0 Å². The molecule has 0 aliphatic heterocycles. The number of aryl methyl sites for hydroxylation is 1. The Kier molecular flexibility index (Phi) is 3.60. The minimum Gasteiger partial charge on any atom is -0.135 e. The molecule has 0 aliphatic carbocycles. The number of fused-ring (bicyclic) bond motifs is 3. The van der Waals surface area contributed by atoms with Crippen molar-refractivity contribution in [1.29, 1.82) is 0 Å². The second-order valence-electron chi connectivity index (χ2n) is 3.96. The van der Waals surface area contributed by atoms with E-state index >= 15 is 0 Å². The van der Waals surface area contributed by atoms with Crippen LogP contribution in [-0.2, 0) is 0 Å². The third kappa shape index (κ3) is 2.25. The Balaban J connectivity index is 0.000000329. The van der Waals surface area contributed by atoms with Crippen LogP contribution in [0.3, 0.4) is 0 Å². The number of benzene rings is 2. The summed E-state index contributed by atoms with van der Waals surface area (Å²) < 4.78 is 2.81. The van der Waals surface area contributed by atoms with E-state index in [1.807, 2.05) is 18.3 Å². The van der Waals surface area contributed by atoms with Crippen LogP contribution in [0.15, 0.2) is 55.1 Å². The van der Waals surface area contributed by atoms with E-state index in [9.17, 15) is 0 Å². The minimum atomic E-state index is 1.38. The standard InChI is InChI=1S/C13H10S.C3H6/c1-9-5-4-7-11-10-6-2-3-8-12(10)14-13(9)11;1-3-2/h2-8H,1H3;3H,1H2,2H3. The van der Waals surface area contributed by atoms with E-state index in [-0.39, 0.29) is 0 Å². The zero-order valence-corrected chi connectivity index (χ0v) is 11.1. The SMILES string of the molecule is C=CC.Cc1cccc2c1sc1ccccc12. The Morgan fingerprint density at radius 2 is 1.65 bits per heavy atom. The van der Waals surface area contributed by atoms with Gasteiger partial charge in [0, 0.05) is 20.2 Å². The van der Waals surface area contributed by atoms with E-state index in [2.05, 4.69) is 56.0 Å². The van der Waals surface area contributed by atoms with E-state index in [4.69, 9.17) is 0 Å². The zero-order valence-electron chi connectivity index (χ0n) is 10.2. The van der Waals surface area contributed by atoms with Gasteiger partial charge in [-0.05, 0) is 25.5 Å². The molecule has 1 heteroatoms. The number of allylic oxidation sites excluding steroid dienone is 1. The summed E-state index contributed by atoms with van der Waals surface area (Å²) in [5.74, 6) is 0. The Hall–Kier alpha value is -1.60. The summed E-state index contributed by atoms with van der Waals surface area (Å²) in [6.07, 6.45) is 1.75. The molecule has 86 valence electrons. The second kappa shape index (κ2) is 5.15. The number of hydrogen-bond acceptors (Lipinski definition) is 1. The molecule has 2 aromatic carbocycles. The molecule has 3 rings (SSSR count). The minimum absolute atomic E-state index is 1.38. The van der Waals surface area contributed by atoms with Crippen molar-refractivity contribution in [3.63, 3.8) is 0 Å². The maximum atomic E-state index is 3.36. The van der Waals surface area contributed by atoms with Crippen molar-refractivity contribution in [3.8, 4) is 0 Å². The molecule has 0 aliphatic rings. The fourth-order valence-corrected chi connectivity index (χ4v) is 3.06. The maximum absolute atomic E-state index is 3.36. The molecule has 0 saturated carbocycles. The van der Waals surface area contributed by atoms with E-state index in [1.165, 1.54) is 25.7 Å². The summed E-state index contributed by atoms with van der Waals surface area (Å²) in [6.45, 7) is 7.43. The van der Waals surface area contributed by atoms with Gasteiger partial charge in [0.25, 0.3) is 0 Å². The normalized spacial score (nSPS) is 10.0. The van der Waals surface area contributed by atoms with Crippen molar-refractivity contribution >= 4 is 31.5 Å². The highest BCUT2D eigenvalue weighted by molar-refractivity contribution is 7.26. The summed E-state index contributed by atoms with van der Waals surface area (Å²) in [5.41, 5.74) is 1.38. The number of thiophene rings is 1. The Labute approximate surface area is 106 Å². The molecule has 3 aromatic rings. The summed E-state index contributed by atoms with van der Waals surface area (Å²) in [6, 6.07) is 15.1. The van der Waals surface area contributed by atoms with Crippen LogP contribution in [0.5, 0.6) is 0 Å². The van der Waals surface area contributed by atoms with E-state index in [0.717, 1.165) is 0 Å². The highest BCUT2D eigenvalue weighted by Gasteiger charge is 2.04. The molecule has 0 atom stereocenters. The van der Waals surface area contributed by atoms with E-state index < -0.39 is 0 Å². The average Bonchev–Trinajstić information content (AvgIpc) is 2.71. The van der Waals surface area contributed by atoms with Gasteiger partial charge in [0.15, 0.2) is 0 Å². The summed E-state index contributed by atoms with van der Waals surface area (Å²) in [5, 5.41) is 2.78. The zero-order chi connectivity index (χ0) is 12.3. The predicted octanol–water partition coefficient (Wildman–Crippen LogP) is 5.56. The largest absolute Gasteiger partial charge is 0.135 e. The second-order valence-corrected chi connectivity index (χ2v) is 5.01. The van der Waals surface area contributed by atoms with Gasteiger partial charge in [-0.15, -0.1) is 17.9 Å². The molecule has 0 unspecified atom stereocenters. The van der Waals surface area contributed by atoms with Crippen molar-refractivity contribution in [1.82, 2.24) is 0 Å². The van der Waals surface area contributed by atoms with Crippen LogP contribution >= 0.6 is 11.3 Å². The molecule has 17 heavy (non-hydrogen) atoms. The third-order valence-electron chi connectivity index (χ3n) is 2.60. The van der Waals surface area contributed by atoms with Gasteiger partial charge in [-0.25, -0.2) is 0 Å². The van der Waals surface area contributed by atoms with Crippen LogP contribution in [0, 0.1) is 6.92 Å². The Bertz CT molecular complexity index is 647. The van der Waals surface area contributed by atoms with Gasteiger partial charge in [0.1, 0.15) is 0 Å². The lowest BCUT2D eigenvalue weighted by atomic mass is 10.1. The monoisotopic (exact) mass is 240 g/mol. The van der Waals surface area contributed by atoms with Crippen LogP contribution in [0.2, 0.25) is 0 Å². The lowest BCUT2D eigenvalue weighted by Gasteiger charge is -1.93. The molecular weight excluding hydrogens is 224 g/mol. The molecule has 0 N–H and O–H groups in total. The predicted molar refractivity (Wildman–Crippen MR) is 79.9 cm³/mol. The van der Waals surface area contributed by atoms with Crippen LogP contribution in [0.1, 0.15) is 12.5 Å². The molecule has 0 bridgehead atoms. The fraction of sp³-hybridized carbons (Fsp3) is 0.125. The van der Waals surface area contributed by atoms with Crippen molar-refractivity contribution in [3.05, 3.63) is 60.7 Å². The lowest BCUT2D eigenvalue weighted by molar-refractivity contribution is 1.56. The van der Waals surface area contributed by atoms with E-state index in [1.54, 1.807) is 6.08 Å². The van der Waals surface area contributed by atoms with Gasteiger partial charge in [-0.3, -0.25) is 0 Å². The molecule has 0 radical (unpaired) electrons. The topological polar surface area (TPSA) is 0 Å². The first-order valence-corrected chi connectivity index (χ1v) is 6.53. The molecule has 1 heterocycles. The molecule has 0 amide bonds. The molecule has 1 aromatic heterocycles. The Morgan fingerprint density at radius 1 is 1.00 bits per heavy atom. The number of hydrogen-bond donors (Lipinski definition) is 0. The van der Waals surface area contributed by atoms with E-state index in [0.29, 0.717) is 0 Å². The van der Waals surface area contributed by atoms with Crippen LogP contribution in [-0.4, -0.2) is 0 Å². The fourth-order valence-electron chi connectivity index (χ4n) is 1.89. The summed E-state index contributed by atoms with van der Waals surface area (Å²) >= 11 is 1.89. The van der Waals surface area contributed by atoms with Gasteiger partial charge >= 0.3 is 0 Å². The van der Waals surface area contributed by atoms with Gasteiger partial charge in [-0.2, -0.15) is 0 Å². The van der Waals surface area contributed by atoms with Gasteiger partial charge in [0.2, 0.25) is 0 Å². The molecule has 0 spiro atoms. The summed E-state index contributed by atoms with van der Waals surface area (Å²) in [4.78, 5) is 0. The molecule has 0 nitrogen and oxygen atoms in total. The first kappa shape index (κ1) is 11.9. The first-order chi connectivity index (χ1) is 8.27. The molecule has 0 fully saturated rings. The van der Waals surface area contributed by atoms with Crippen LogP contribution in [0.4, 0.5) is 0 Å². The quantitative estimate of drug-likeness (QED) is 0.451. The Morgan fingerprint density at radius 3 is 2.41 bits per heavy atom. The number of rotatable bonds is 0. The van der Waals surface area contributed by atoms with Crippen molar-refractivity contribution in [2.75, 3.05) is 0 Å². The highest BCUT2D eigenvalue weighted by Crippen LogP contribution is 2.35. The van der Waals surface area contributed by atoms with Gasteiger partial charge < -0.3 is 0 Å². The smallest absolute Gasteiger partial charge is 0.0384 e. The third-order valence-corrected chi connectivity index (χ3v) is 3.92. The summed E-state index contributed by atoms with van der Waals surface area (Å²) in [7, 11) is 0. The van der Waals surface area contributed by atoms with Gasteiger partial charge in [-0.1, -0.05) is 42.5 Å². The van der Waals surface area contributed by atoms with Crippen molar-refractivity contribution < 1.29 is 0 Å². The average molecular weight is 240 g/mol. The highest BCUT2D eigenvalue weighted by atomic mass is 32.1. The lowest BCUT2D eigenvalue weighted by Crippen LogP contribution is -1.69. The molecule has 0 saturated heterocycles. The maximum Gasteiger partial charge on any atom is 0.0384 e. The first-order valence-electron chi connectivity index (χ1n) is 5.72. The van der Waals surface area contributed by atoms with Crippen molar-refractivity contribution in [2.24, 2.45) is 0 Å². The van der Waals surface area contributed by atoms with Crippen molar-refractivity contribution in [2.45, 2.75) is 13.8 Å². The molecular formula is C16H16S. The van der Waals surface area contributed by atoms with Gasteiger partial charge in [0.05, 0.1) is 0 Å².